The van der Waals surface area contributed by atoms with Crippen LogP contribution in [0, 0.1) is 6.92 Å². The quantitative estimate of drug-likeness (QED) is 0.636. The number of hydrogen-bond acceptors (Lipinski definition) is 2. The van der Waals surface area contributed by atoms with Crippen LogP contribution in [0.1, 0.15) is 29.9 Å². The Kier molecular flexibility index (Phi) is 2.53. The lowest BCUT2D eigenvalue weighted by molar-refractivity contribution is -0.147. The zero-order valence-electron chi connectivity index (χ0n) is 8.32. The van der Waals surface area contributed by atoms with E-state index in [9.17, 15) is 4.79 Å². The van der Waals surface area contributed by atoms with Crippen LogP contribution in [0.2, 0.25) is 0 Å². The van der Waals surface area contributed by atoms with Gasteiger partial charge in [-0.15, -0.1) is 0 Å². The number of cyclic esters (lactones) is 1. The second kappa shape index (κ2) is 3.82. The number of hydrogen-bond donors (Lipinski definition) is 0. The van der Waals surface area contributed by atoms with Gasteiger partial charge in [0.25, 0.3) is 0 Å². The van der Waals surface area contributed by atoms with Crippen molar-refractivity contribution in [3.63, 3.8) is 0 Å². The van der Waals surface area contributed by atoms with E-state index in [0.717, 1.165) is 6.42 Å². The van der Waals surface area contributed by atoms with E-state index in [1.54, 1.807) is 0 Å². The van der Waals surface area contributed by atoms with E-state index >= 15 is 0 Å². The van der Waals surface area contributed by atoms with Crippen LogP contribution >= 0.6 is 0 Å². The number of carbonyl (C=O) groups is 1. The molecule has 1 unspecified atom stereocenters. The summed E-state index contributed by atoms with van der Waals surface area (Å²) in [5.74, 6) is 0.293. The van der Waals surface area contributed by atoms with Crippen LogP contribution in [-0.4, -0.2) is 12.6 Å². The number of carbonyl (C=O) groups excluding carboxylic acids is 1. The van der Waals surface area contributed by atoms with Gasteiger partial charge in [-0.25, -0.2) is 0 Å². The van der Waals surface area contributed by atoms with E-state index in [0.29, 0.717) is 18.9 Å². The Morgan fingerprint density at radius 2 is 2.14 bits per heavy atom. The van der Waals surface area contributed by atoms with Crippen LogP contribution in [0.4, 0.5) is 0 Å². The van der Waals surface area contributed by atoms with Crippen molar-refractivity contribution in [3.05, 3.63) is 35.4 Å². The molecule has 0 amide bonds. The molecule has 1 fully saturated rings. The second-order valence-corrected chi connectivity index (χ2v) is 3.77. The third-order valence-corrected chi connectivity index (χ3v) is 2.77. The predicted octanol–water partition coefficient (Wildman–Crippen LogP) is 2.42. The van der Waals surface area contributed by atoms with Crippen molar-refractivity contribution >= 4 is 5.97 Å². The van der Waals surface area contributed by atoms with Crippen LogP contribution in [0.15, 0.2) is 24.3 Å². The molecule has 2 heteroatoms. The summed E-state index contributed by atoms with van der Waals surface area (Å²) >= 11 is 0. The summed E-state index contributed by atoms with van der Waals surface area (Å²) < 4.78 is 4.93. The third kappa shape index (κ3) is 1.79. The van der Waals surface area contributed by atoms with E-state index in [1.165, 1.54) is 11.1 Å². The fourth-order valence-electron chi connectivity index (χ4n) is 1.99. The van der Waals surface area contributed by atoms with Crippen LogP contribution in [0.3, 0.4) is 0 Å². The van der Waals surface area contributed by atoms with Gasteiger partial charge in [-0.2, -0.15) is 0 Å². The molecule has 0 aliphatic carbocycles. The van der Waals surface area contributed by atoms with Gasteiger partial charge in [0.2, 0.25) is 0 Å². The number of benzene rings is 1. The molecule has 0 spiro atoms. The maximum Gasteiger partial charge on any atom is 0.306 e. The van der Waals surface area contributed by atoms with Gasteiger partial charge >= 0.3 is 5.97 Å². The summed E-state index contributed by atoms with van der Waals surface area (Å²) in [5, 5.41) is 0. The molecule has 1 aliphatic heterocycles. The van der Waals surface area contributed by atoms with E-state index in [2.05, 4.69) is 19.1 Å². The number of ether oxygens (including phenoxy) is 1. The van der Waals surface area contributed by atoms with Crippen molar-refractivity contribution in [1.82, 2.24) is 0 Å². The number of aryl methyl sites for hydroxylation is 1. The van der Waals surface area contributed by atoms with Crippen LogP contribution in [-0.2, 0) is 9.53 Å². The molecule has 2 nitrogen and oxygen atoms in total. The van der Waals surface area contributed by atoms with Crippen molar-refractivity contribution in [2.24, 2.45) is 0 Å². The number of esters is 1. The first-order valence-corrected chi connectivity index (χ1v) is 4.98. The lowest BCUT2D eigenvalue weighted by Crippen LogP contribution is -2.19. The lowest BCUT2D eigenvalue weighted by Gasteiger charge is -2.22. The summed E-state index contributed by atoms with van der Waals surface area (Å²) in [6.45, 7) is 2.66. The monoisotopic (exact) mass is 190 g/mol. The van der Waals surface area contributed by atoms with Crippen LogP contribution in [0.25, 0.3) is 0 Å². The Balaban J connectivity index is 2.22. The highest BCUT2D eigenvalue weighted by atomic mass is 16.5. The van der Waals surface area contributed by atoms with Gasteiger partial charge < -0.3 is 4.74 Å². The normalized spacial score (nSPS) is 21.8. The van der Waals surface area contributed by atoms with Gasteiger partial charge in [0.05, 0.1) is 13.0 Å². The van der Waals surface area contributed by atoms with E-state index < -0.39 is 0 Å². The Bertz CT molecular complexity index is 344. The highest BCUT2D eigenvalue weighted by Crippen LogP contribution is 2.29. The average molecular weight is 190 g/mol. The van der Waals surface area contributed by atoms with Crippen molar-refractivity contribution in [3.8, 4) is 0 Å². The molecule has 0 radical (unpaired) electrons. The average Bonchev–Trinajstić information content (AvgIpc) is 2.18. The SMILES string of the molecule is Cc1ccccc1C1CCOC(=O)C1. The first-order chi connectivity index (χ1) is 6.77. The summed E-state index contributed by atoms with van der Waals surface area (Å²) in [6.07, 6.45) is 1.49. The van der Waals surface area contributed by atoms with E-state index in [1.807, 2.05) is 12.1 Å². The lowest BCUT2D eigenvalue weighted by atomic mass is 9.88. The molecule has 1 heterocycles. The molecule has 74 valence electrons. The van der Waals surface area contributed by atoms with Crippen LogP contribution < -0.4 is 0 Å². The van der Waals surface area contributed by atoms with Gasteiger partial charge in [-0.05, 0) is 30.4 Å². The standard InChI is InChI=1S/C12H14O2/c1-9-4-2-3-5-11(9)10-6-7-14-12(13)8-10/h2-5,10H,6-8H2,1H3. The third-order valence-electron chi connectivity index (χ3n) is 2.77. The Hall–Kier alpha value is -1.31. The number of rotatable bonds is 1. The minimum atomic E-state index is -0.0653. The molecule has 1 aromatic carbocycles. The van der Waals surface area contributed by atoms with Gasteiger partial charge in [-0.1, -0.05) is 24.3 Å². The first-order valence-electron chi connectivity index (χ1n) is 4.98. The summed E-state index contributed by atoms with van der Waals surface area (Å²) in [5.41, 5.74) is 2.57. The van der Waals surface area contributed by atoms with Crippen molar-refractivity contribution in [2.45, 2.75) is 25.7 Å². The molecular weight excluding hydrogens is 176 g/mol. The van der Waals surface area contributed by atoms with Crippen molar-refractivity contribution in [1.29, 1.82) is 0 Å². The van der Waals surface area contributed by atoms with Gasteiger partial charge in [0.15, 0.2) is 0 Å². The highest BCUT2D eigenvalue weighted by Gasteiger charge is 2.22. The summed E-state index contributed by atoms with van der Waals surface area (Å²) in [7, 11) is 0. The van der Waals surface area contributed by atoms with Gasteiger partial charge in [-0.3, -0.25) is 4.79 Å². The predicted molar refractivity (Wildman–Crippen MR) is 54.1 cm³/mol. The summed E-state index contributed by atoms with van der Waals surface area (Å²) in [4.78, 5) is 11.1. The minimum Gasteiger partial charge on any atom is -0.466 e. The molecule has 0 saturated carbocycles. The molecule has 0 aromatic heterocycles. The van der Waals surface area contributed by atoms with Crippen molar-refractivity contribution < 1.29 is 9.53 Å². The minimum absolute atomic E-state index is 0.0653. The summed E-state index contributed by atoms with van der Waals surface area (Å²) in [6, 6.07) is 8.26. The zero-order valence-corrected chi connectivity index (χ0v) is 8.32. The van der Waals surface area contributed by atoms with E-state index in [-0.39, 0.29) is 5.97 Å². The van der Waals surface area contributed by atoms with Crippen molar-refractivity contribution in [2.75, 3.05) is 6.61 Å². The zero-order chi connectivity index (χ0) is 9.97. The van der Waals surface area contributed by atoms with Gasteiger partial charge in [0.1, 0.15) is 0 Å². The molecule has 2 rings (SSSR count). The fourth-order valence-corrected chi connectivity index (χ4v) is 1.99. The highest BCUT2D eigenvalue weighted by molar-refractivity contribution is 5.71. The van der Waals surface area contributed by atoms with Gasteiger partial charge in [0, 0.05) is 0 Å². The molecule has 0 bridgehead atoms. The maximum absolute atomic E-state index is 11.1. The first kappa shape index (κ1) is 9.25. The molecule has 1 aromatic rings. The molecule has 1 aliphatic rings. The molecule has 1 atom stereocenters. The Morgan fingerprint density at radius 3 is 2.86 bits per heavy atom. The fraction of sp³-hybridized carbons (Fsp3) is 0.417. The smallest absolute Gasteiger partial charge is 0.306 e. The van der Waals surface area contributed by atoms with Crippen LogP contribution in [0.5, 0.6) is 0 Å². The molecule has 14 heavy (non-hydrogen) atoms. The molecular formula is C12H14O2. The Morgan fingerprint density at radius 1 is 1.36 bits per heavy atom. The van der Waals surface area contributed by atoms with E-state index in [4.69, 9.17) is 4.74 Å². The maximum atomic E-state index is 11.1. The molecule has 1 saturated heterocycles. The molecule has 0 N–H and O–H groups in total. The second-order valence-electron chi connectivity index (χ2n) is 3.77. The topological polar surface area (TPSA) is 26.3 Å². The largest absolute Gasteiger partial charge is 0.466 e. The Labute approximate surface area is 83.9 Å².